The van der Waals surface area contributed by atoms with Gasteiger partial charge in [0.2, 0.25) is 5.91 Å². The van der Waals surface area contributed by atoms with Crippen molar-refractivity contribution in [2.75, 3.05) is 26.2 Å². The standard InChI is InChI=1S/C13H16N4O4/c18-11(8-15-3-1-2-10(15)12(19)20)16-4-5-17-9(7-16)6-14-13(17)21/h1-3,9H,4-8H2,(H,14,21)(H,19,20). The number of carboxylic acid groups (broad SMARTS) is 1. The Kier molecular flexibility index (Phi) is 3.28. The Hall–Kier alpha value is -2.51. The minimum atomic E-state index is -1.05. The first-order valence-corrected chi connectivity index (χ1v) is 6.77. The average molecular weight is 292 g/mol. The highest BCUT2D eigenvalue weighted by molar-refractivity contribution is 5.87. The van der Waals surface area contributed by atoms with Crippen molar-refractivity contribution in [3.8, 4) is 0 Å². The zero-order chi connectivity index (χ0) is 15.0. The molecule has 2 saturated heterocycles. The van der Waals surface area contributed by atoms with Gasteiger partial charge in [0.05, 0.1) is 6.04 Å². The van der Waals surface area contributed by atoms with E-state index in [1.807, 2.05) is 0 Å². The average Bonchev–Trinajstić information content (AvgIpc) is 3.06. The molecular weight excluding hydrogens is 276 g/mol. The highest BCUT2D eigenvalue weighted by Crippen LogP contribution is 2.15. The maximum atomic E-state index is 12.3. The van der Waals surface area contributed by atoms with Gasteiger partial charge in [0.15, 0.2) is 0 Å². The molecule has 112 valence electrons. The van der Waals surface area contributed by atoms with E-state index in [4.69, 9.17) is 5.11 Å². The molecule has 2 N–H and O–H groups in total. The third-order valence-electron chi connectivity index (χ3n) is 3.94. The molecule has 1 atom stereocenters. The largest absolute Gasteiger partial charge is 0.477 e. The number of piperazine rings is 1. The van der Waals surface area contributed by atoms with Crippen LogP contribution in [0.15, 0.2) is 18.3 Å². The highest BCUT2D eigenvalue weighted by atomic mass is 16.4. The van der Waals surface area contributed by atoms with Crippen molar-refractivity contribution >= 4 is 17.9 Å². The summed E-state index contributed by atoms with van der Waals surface area (Å²) in [7, 11) is 0. The summed E-state index contributed by atoms with van der Waals surface area (Å²) in [6.45, 7) is 2.03. The third-order valence-corrected chi connectivity index (χ3v) is 3.94. The molecule has 1 unspecified atom stereocenters. The van der Waals surface area contributed by atoms with Crippen LogP contribution >= 0.6 is 0 Å². The molecule has 2 aliphatic heterocycles. The molecule has 0 radical (unpaired) electrons. The molecule has 1 aromatic heterocycles. The molecule has 3 amide bonds. The molecule has 8 nitrogen and oxygen atoms in total. The summed E-state index contributed by atoms with van der Waals surface area (Å²) >= 11 is 0. The number of rotatable bonds is 3. The van der Waals surface area contributed by atoms with Crippen LogP contribution in [0.3, 0.4) is 0 Å². The van der Waals surface area contributed by atoms with Gasteiger partial charge in [-0.25, -0.2) is 9.59 Å². The molecule has 2 fully saturated rings. The first-order valence-electron chi connectivity index (χ1n) is 6.77. The van der Waals surface area contributed by atoms with Gasteiger partial charge in [-0.1, -0.05) is 0 Å². The molecule has 0 spiro atoms. The SMILES string of the molecule is O=C(O)c1cccn1CC(=O)N1CCN2C(=O)NCC2C1. The monoisotopic (exact) mass is 292 g/mol. The lowest BCUT2D eigenvalue weighted by Crippen LogP contribution is -2.54. The topological polar surface area (TPSA) is 94.9 Å². The summed E-state index contributed by atoms with van der Waals surface area (Å²) in [4.78, 5) is 38.3. The van der Waals surface area contributed by atoms with Crippen LogP contribution in [-0.2, 0) is 11.3 Å². The molecule has 2 aliphatic rings. The van der Waals surface area contributed by atoms with E-state index in [-0.39, 0.29) is 30.2 Å². The summed E-state index contributed by atoms with van der Waals surface area (Å²) < 4.78 is 1.43. The molecule has 3 rings (SSSR count). The van der Waals surface area contributed by atoms with Crippen molar-refractivity contribution in [2.24, 2.45) is 0 Å². The maximum Gasteiger partial charge on any atom is 0.352 e. The number of hydrogen-bond acceptors (Lipinski definition) is 3. The Morgan fingerprint density at radius 3 is 2.95 bits per heavy atom. The van der Waals surface area contributed by atoms with E-state index in [0.717, 1.165) is 0 Å². The van der Waals surface area contributed by atoms with E-state index < -0.39 is 5.97 Å². The number of nitrogens with one attached hydrogen (secondary N) is 1. The van der Waals surface area contributed by atoms with Crippen molar-refractivity contribution in [3.63, 3.8) is 0 Å². The number of fused-ring (bicyclic) bond motifs is 1. The number of aromatic carboxylic acids is 1. The van der Waals surface area contributed by atoms with Gasteiger partial charge >= 0.3 is 12.0 Å². The molecule has 3 heterocycles. The van der Waals surface area contributed by atoms with Gasteiger partial charge < -0.3 is 24.8 Å². The number of carbonyl (C=O) groups excluding carboxylic acids is 2. The molecule has 1 aromatic rings. The maximum absolute atomic E-state index is 12.3. The quantitative estimate of drug-likeness (QED) is 0.779. The predicted octanol–water partition coefficient (Wildman–Crippen LogP) is -0.578. The third kappa shape index (κ3) is 2.44. The lowest BCUT2D eigenvalue weighted by molar-refractivity contribution is -0.134. The van der Waals surface area contributed by atoms with Crippen LogP contribution < -0.4 is 5.32 Å². The van der Waals surface area contributed by atoms with Gasteiger partial charge in [-0.05, 0) is 12.1 Å². The Morgan fingerprint density at radius 1 is 1.38 bits per heavy atom. The van der Waals surface area contributed by atoms with E-state index in [1.54, 1.807) is 22.1 Å². The van der Waals surface area contributed by atoms with Crippen molar-refractivity contribution in [2.45, 2.75) is 12.6 Å². The van der Waals surface area contributed by atoms with Gasteiger partial charge in [0.1, 0.15) is 12.2 Å². The second kappa shape index (κ2) is 5.12. The number of nitrogens with zero attached hydrogens (tertiary/aromatic N) is 3. The van der Waals surface area contributed by atoms with E-state index in [1.165, 1.54) is 10.6 Å². The first kappa shape index (κ1) is 13.5. The molecule has 0 saturated carbocycles. The van der Waals surface area contributed by atoms with Crippen LogP contribution in [0.5, 0.6) is 0 Å². The second-order valence-electron chi connectivity index (χ2n) is 5.20. The summed E-state index contributed by atoms with van der Waals surface area (Å²) in [5.74, 6) is -1.18. The predicted molar refractivity (Wildman–Crippen MR) is 71.9 cm³/mol. The fourth-order valence-electron chi connectivity index (χ4n) is 2.82. The Balaban J connectivity index is 1.65. The van der Waals surface area contributed by atoms with Gasteiger partial charge in [-0.15, -0.1) is 0 Å². The normalized spacial score (nSPS) is 21.1. The van der Waals surface area contributed by atoms with E-state index in [9.17, 15) is 14.4 Å². The minimum absolute atomic E-state index is 0.00271. The zero-order valence-corrected chi connectivity index (χ0v) is 11.4. The smallest absolute Gasteiger partial charge is 0.352 e. The molecule has 21 heavy (non-hydrogen) atoms. The lowest BCUT2D eigenvalue weighted by Gasteiger charge is -2.36. The van der Waals surface area contributed by atoms with Crippen molar-refractivity contribution in [1.82, 2.24) is 19.7 Å². The van der Waals surface area contributed by atoms with Crippen LogP contribution in [0.4, 0.5) is 4.79 Å². The first-order chi connectivity index (χ1) is 10.1. The van der Waals surface area contributed by atoms with Gasteiger partial charge in [-0.3, -0.25) is 4.79 Å². The van der Waals surface area contributed by atoms with Crippen molar-refractivity contribution in [1.29, 1.82) is 0 Å². The molecule has 8 heteroatoms. The number of hydrogen-bond donors (Lipinski definition) is 2. The second-order valence-corrected chi connectivity index (χ2v) is 5.20. The highest BCUT2D eigenvalue weighted by Gasteiger charge is 2.36. The molecular formula is C13H16N4O4. The Labute approximate surface area is 120 Å². The number of carbonyl (C=O) groups is 3. The van der Waals surface area contributed by atoms with Crippen LogP contribution in [0.1, 0.15) is 10.5 Å². The molecule has 0 aliphatic carbocycles. The summed E-state index contributed by atoms with van der Waals surface area (Å²) in [6, 6.07) is 3.01. The number of amides is 3. The van der Waals surface area contributed by atoms with Crippen LogP contribution in [0.2, 0.25) is 0 Å². The summed E-state index contributed by atoms with van der Waals surface area (Å²) in [5.41, 5.74) is 0.0969. The Morgan fingerprint density at radius 2 is 2.19 bits per heavy atom. The number of aromatic nitrogens is 1. The number of carboxylic acids is 1. The van der Waals surface area contributed by atoms with Gasteiger partial charge in [0, 0.05) is 32.4 Å². The summed E-state index contributed by atoms with van der Waals surface area (Å²) in [5, 5.41) is 11.8. The van der Waals surface area contributed by atoms with Crippen molar-refractivity contribution in [3.05, 3.63) is 24.0 Å². The van der Waals surface area contributed by atoms with E-state index in [2.05, 4.69) is 5.32 Å². The molecule has 0 aromatic carbocycles. The van der Waals surface area contributed by atoms with Crippen LogP contribution in [-0.4, -0.2) is 69.6 Å². The Bertz CT molecular complexity index is 597. The minimum Gasteiger partial charge on any atom is -0.477 e. The van der Waals surface area contributed by atoms with E-state index in [0.29, 0.717) is 26.2 Å². The van der Waals surface area contributed by atoms with Crippen LogP contribution in [0.25, 0.3) is 0 Å². The van der Waals surface area contributed by atoms with Gasteiger partial charge in [0.25, 0.3) is 0 Å². The molecule has 0 bridgehead atoms. The van der Waals surface area contributed by atoms with E-state index >= 15 is 0 Å². The fourth-order valence-corrected chi connectivity index (χ4v) is 2.82. The van der Waals surface area contributed by atoms with Crippen molar-refractivity contribution < 1.29 is 19.5 Å². The fraction of sp³-hybridized carbons (Fsp3) is 0.462. The zero-order valence-electron chi connectivity index (χ0n) is 11.4. The summed E-state index contributed by atoms with van der Waals surface area (Å²) in [6.07, 6.45) is 1.58. The lowest BCUT2D eigenvalue weighted by atomic mass is 10.2. The van der Waals surface area contributed by atoms with Crippen LogP contribution in [0, 0.1) is 0 Å². The van der Waals surface area contributed by atoms with Gasteiger partial charge in [-0.2, -0.15) is 0 Å². The number of urea groups is 1.